The highest BCUT2D eigenvalue weighted by Crippen LogP contribution is 2.33. The number of carboxylic acids is 1. The molecule has 1 atom stereocenters. The summed E-state index contributed by atoms with van der Waals surface area (Å²) in [6.07, 6.45) is 1.27. The number of thiophene rings is 1. The lowest BCUT2D eigenvalue weighted by atomic mass is 10.1. The molecule has 0 aliphatic carbocycles. The van der Waals surface area contributed by atoms with Gasteiger partial charge in [0.2, 0.25) is 10.0 Å². The summed E-state index contributed by atoms with van der Waals surface area (Å²) < 4.78 is 35.9. The maximum absolute atomic E-state index is 13.0. The maximum Gasteiger partial charge on any atom is 0.349 e. The number of hydrogen-bond donors (Lipinski definition) is 1. The molecule has 25 heavy (non-hydrogen) atoms. The predicted molar refractivity (Wildman–Crippen MR) is 86.2 cm³/mol. The van der Waals surface area contributed by atoms with Crippen molar-refractivity contribution in [3.63, 3.8) is 0 Å². The summed E-state index contributed by atoms with van der Waals surface area (Å²) in [6, 6.07) is -0.197. The maximum atomic E-state index is 13.0. The largest absolute Gasteiger partial charge is 0.480 e. The topological polar surface area (TPSA) is 127 Å². The highest BCUT2D eigenvalue weighted by Gasteiger charge is 2.40. The summed E-state index contributed by atoms with van der Waals surface area (Å²) in [4.78, 5) is 34.2. The van der Waals surface area contributed by atoms with Crippen molar-refractivity contribution in [2.24, 2.45) is 0 Å². The van der Waals surface area contributed by atoms with Crippen molar-refractivity contribution in [1.29, 1.82) is 0 Å². The molecule has 9 nitrogen and oxygen atoms in total. The number of rotatable bonds is 5. The SMILES string of the molecule is COC(=O)c1cc(S(=O)(=O)N2CCCCC2C(=O)O)c(C(=O)OC)s1. The van der Waals surface area contributed by atoms with Gasteiger partial charge in [0.1, 0.15) is 20.7 Å². The van der Waals surface area contributed by atoms with Crippen LogP contribution in [0.3, 0.4) is 0 Å². The first-order chi connectivity index (χ1) is 11.7. The minimum atomic E-state index is -4.31. The third kappa shape index (κ3) is 3.67. The van der Waals surface area contributed by atoms with E-state index in [4.69, 9.17) is 0 Å². The zero-order chi connectivity index (χ0) is 18.8. The van der Waals surface area contributed by atoms with Gasteiger partial charge < -0.3 is 14.6 Å². The summed E-state index contributed by atoms with van der Waals surface area (Å²) in [7, 11) is -2.10. The van der Waals surface area contributed by atoms with Gasteiger partial charge in [-0.2, -0.15) is 4.31 Å². The summed E-state index contributed by atoms with van der Waals surface area (Å²) >= 11 is 0.623. The van der Waals surface area contributed by atoms with Gasteiger partial charge in [-0.15, -0.1) is 11.3 Å². The summed E-state index contributed by atoms with van der Waals surface area (Å²) in [5, 5.41) is 9.31. The van der Waals surface area contributed by atoms with Crippen LogP contribution in [0.4, 0.5) is 0 Å². The fourth-order valence-corrected chi connectivity index (χ4v) is 5.71. The number of carbonyl (C=O) groups is 3. The average molecular weight is 391 g/mol. The Hall–Kier alpha value is -1.98. The fraction of sp³-hybridized carbons (Fsp3) is 0.500. The zero-order valence-electron chi connectivity index (χ0n) is 13.6. The first kappa shape index (κ1) is 19.3. The molecule has 1 aliphatic rings. The fourth-order valence-electron chi connectivity index (χ4n) is 2.57. The van der Waals surface area contributed by atoms with E-state index in [-0.39, 0.29) is 22.7 Å². The van der Waals surface area contributed by atoms with E-state index in [2.05, 4.69) is 9.47 Å². The number of piperidine rings is 1. The lowest BCUT2D eigenvalue weighted by Crippen LogP contribution is -2.48. The van der Waals surface area contributed by atoms with Crippen LogP contribution < -0.4 is 0 Å². The minimum Gasteiger partial charge on any atom is -0.480 e. The predicted octanol–water partition coefficient (Wildman–Crippen LogP) is 0.949. The van der Waals surface area contributed by atoms with Crippen molar-refractivity contribution in [2.45, 2.75) is 30.2 Å². The second-order valence-electron chi connectivity index (χ2n) is 5.25. The number of methoxy groups -OCH3 is 2. The van der Waals surface area contributed by atoms with Crippen molar-refractivity contribution in [1.82, 2.24) is 4.31 Å². The number of sulfonamides is 1. The molecule has 2 heterocycles. The van der Waals surface area contributed by atoms with Gasteiger partial charge >= 0.3 is 17.9 Å². The quantitative estimate of drug-likeness (QED) is 0.735. The van der Waals surface area contributed by atoms with Crippen molar-refractivity contribution in [2.75, 3.05) is 20.8 Å². The Morgan fingerprint density at radius 2 is 1.84 bits per heavy atom. The molecule has 2 rings (SSSR count). The lowest BCUT2D eigenvalue weighted by molar-refractivity contribution is -0.142. The number of esters is 2. The second kappa shape index (κ2) is 7.50. The van der Waals surface area contributed by atoms with Gasteiger partial charge in [0, 0.05) is 6.54 Å². The van der Waals surface area contributed by atoms with Crippen LogP contribution >= 0.6 is 11.3 Å². The Morgan fingerprint density at radius 3 is 2.40 bits per heavy atom. The summed E-state index contributed by atoms with van der Waals surface area (Å²) in [5.41, 5.74) is 0. The molecule has 0 bridgehead atoms. The van der Waals surface area contributed by atoms with E-state index in [1.54, 1.807) is 0 Å². The van der Waals surface area contributed by atoms with E-state index in [9.17, 15) is 27.9 Å². The third-order valence-electron chi connectivity index (χ3n) is 3.78. The van der Waals surface area contributed by atoms with Crippen LogP contribution in [-0.2, 0) is 24.3 Å². The van der Waals surface area contributed by atoms with Crippen LogP contribution in [0, 0.1) is 0 Å². The van der Waals surface area contributed by atoms with Crippen LogP contribution in [-0.4, -0.2) is 62.5 Å². The van der Waals surface area contributed by atoms with E-state index in [0.29, 0.717) is 24.2 Å². The van der Waals surface area contributed by atoms with E-state index < -0.39 is 38.9 Å². The molecule has 1 aromatic heterocycles. The molecule has 1 unspecified atom stereocenters. The average Bonchev–Trinajstić information content (AvgIpc) is 3.06. The minimum absolute atomic E-state index is 0.0172. The molecule has 1 aromatic rings. The number of hydrogen-bond acceptors (Lipinski definition) is 8. The highest BCUT2D eigenvalue weighted by molar-refractivity contribution is 7.89. The van der Waals surface area contributed by atoms with Gasteiger partial charge in [0.05, 0.1) is 14.2 Å². The van der Waals surface area contributed by atoms with E-state index in [0.717, 1.165) is 24.6 Å². The van der Waals surface area contributed by atoms with Gasteiger partial charge in [-0.1, -0.05) is 0 Å². The molecule has 1 aliphatic heterocycles. The number of aliphatic carboxylic acids is 1. The molecule has 0 amide bonds. The van der Waals surface area contributed by atoms with Crippen LogP contribution in [0.2, 0.25) is 0 Å². The number of nitrogens with zero attached hydrogens (tertiary/aromatic N) is 1. The molecule has 1 saturated heterocycles. The van der Waals surface area contributed by atoms with E-state index in [1.807, 2.05) is 0 Å². The van der Waals surface area contributed by atoms with Crippen molar-refractivity contribution in [3.05, 3.63) is 15.8 Å². The lowest BCUT2D eigenvalue weighted by Gasteiger charge is -2.31. The second-order valence-corrected chi connectivity index (χ2v) is 8.16. The summed E-state index contributed by atoms with van der Waals surface area (Å²) in [5.74, 6) is -2.99. The van der Waals surface area contributed by atoms with Gasteiger partial charge in [-0.3, -0.25) is 4.79 Å². The molecule has 138 valence electrons. The smallest absolute Gasteiger partial charge is 0.349 e. The van der Waals surface area contributed by atoms with Gasteiger partial charge in [0.15, 0.2) is 0 Å². The van der Waals surface area contributed by atoms with Gasteiger partial charge in [-0.05, 0) is 25.3 Å². The van der Waals surface area contributed by atoms with Crippen LogP contribution in [0.5, 0.6) is 0 Å². The molecule has 0 radical (unpaired) electrons. The summed E-state index contributed by atoms with van der Waals surface area (Å²) in [6.45, 7) is 0.0172. The van der Waals surface area contributed by atoms with Crippen LogP contribution in [0.15, 0.2) is 11.0 Å². The van der Waals surface area contributed by atoms with Gasteiger partial charge in [-0.25, -0.2) is 18.0 Å². The van der Waals surface area contributed by atoms with Gasteiger partial charge in [0.25, 0.3) is 0 Å². The van der Waals surface area contributed by atoms with E-state index in [1.165, 1.54) is 0 Å². The molecule has 1 fully saturated rings. The molecule has 11 heteroatoms. The van der Waals surface area contributed by atoms with Crippen molar-refractivity contribution >= 4 is 39.3 Å². The zero-order valence-corrected chi connectivity index (χ0v) is 15.2. The third-order valence-corrected chi connectivity index (χ3v) is 6.94. The molecule has 1 N–H and O–H groups in total. The Bertz CT molecular complexity index is 798. The Balaban J connectivity index is 2.57. The van der Waals surface area contributed by atoms with E-state index >= 15 is 0 Å². The molecular formula is C14H17NO8S2. The molecule has 0 aromatic carbocycles. The van der Waals surface area contributed by atoms with Crippen LogP contribution in [0.1, 0.15) is 38.6 Å². The Kier molecular flexibility index (Phi) is 5.80. The van der Waals surface area contributed by atoms with Crippen molar-refractivity contribution < 1.29 is 37.4 Å². The molecule has 0 saturated carbocycles. The normalized spacial score (nSPS) is 18.6. The first-order valence-electron chi connectivity index (χ1n) is 7.29. The monoisotopic (exact) mass is 391 g/mol. The molecular weight excluding hydrogens is 374 g/mol. The number of ether oxygens (including phenoxy) is 2. The highest BCUT2D eigenvalue weighted by atomic mass is 32.2. The number of carboxylic acid groups (broad SMARTS) is 1. The standard InChI is InChI=1S/C14H17NO8S2/c1-22-13(18)9-7-10(11(24-9)14(19)23-2)25(20,21)15-6-4-3-5-8(15)12(16)17/h7-8H,3-6H2,1-2H3,(H,16,17). The Labute approximate surface area is 148 Å². The number of carbonyl (C=O) groups excluding carboxylic acids is 2. The van der Waals surface area contributed by atoms with Crippen LogP contribution in [0.25, 0.3) is 0 Å². The Morgan fingerprint density at radius 1 is 1.20 bits per heavy atom. The molecule has 0 spiro atoms. The first-order valence-corrected chi connectivity index (χ1v) is 9.54. The van der Waals surface area contributed by atoms with Crippen molar-refractivity contribution in [3.8, 4) is 0 Å².